The Morgan fingerprint density at radius 3 is 2.62 bits per heavy atom. The number of hydrogen-bond donors (Lipinski definition) is 1. The number of amides is 2. The lowest BCUT2D eigenvalue weighted by atomic mass is 9.77. The lowest BCUT2D eigenvalue weighted by Crippen LogP contribution is -2.46. The lowest BCUT2D eigenvalue weighted by molar-refractivity contribution is -0.142. The first kappa shape index (κ1) is 19.2. The SMILES string of the molecule is CC(C)CN1CC2(CCN(C(=O)[C@@H](O)c3cccc(Cl)c3)CC2)CC1=O. The number of carbonyl (C=O) groups is 2. The van der Waals surface area contributed by atoms with Crippen molar-refractivity contribution in [1.82, 2.24) is 9.80 Å². The number of halogens is 1. The minimum absolute atomic E-state index is 0.0102. The summed E-state index contributed by atoms with van der Waals surface area (Å²) in [5, 5.41) is 10.9. The predicted molar refractivity (Wildman–Crippen MR) is 101 cm³/mol. The van der Waals surface area contributed by atoms with Gasteiger partial charge < -0.3 is 14.9 Å². The van der Waals surface area contributed by atoms with Crippen molar-refractivity contribution >= 4 is 23.4 Å². The zero-order chi connectivity index (χ0) is 18.9. The summed E-state index contributed by atoms with van der Waals surface area (Å²) in [7, 11) is 0. The van der Waals surface area contributed by atoms with Crippen molar-refractivity contribution < 1.29 is 14.7 Å². The maximum atomic E-state index is 12.6. The molecule has 0 radical (unpaired) electrons. The summed E-state index contributed by atoms with van der Waals surface area (Å²) in [5.74, 6) is 0.409. The molecular weight excluding hydrogens is 352 g/mol. The quantitative estimate of drug-likeness (QED) is 0.876. The summed E-state index contributed by atoms with van der Waals surface area (Å²) in [6.07, 6.45) is 1.01. The predicted octanol–water partition coefficient (Wildman–Crippen LogP) is 2.87. The number of hydrogen-bond acceptors (Lipinski definition) is 3. The summed E-state index contributed by atoms with van der Waals surface area (Å²) >= 11 is 5.95. The van der Waals surface area contributed by atoms with Crippen LogP contribution in [0, 0.1) is 11.3 Å². The fourth-order valence-corrected chi connectivity index (χ4v) is 4.32. The minimum Gasteiger partial charge on any atom is -0.378 e. The van der Waals surface area contributed by atoms with Crippen LogP contribution in [0.3, 0.4) is 0 Å². The number of nitrogens with zero attached hydrogens (tertiary/aromatic N) is 2. The van der Waals surface area contributed by atoms with Crippen molar-refractivity contribution in [2.24, 2.45) is 11.3 Å². The van der Waals surface area contributed by atoms with E-state index in [1.54, 1.807) is 29.2 Å². The molecule has 0 bridgehead atoms. The molecule has 0 aliphatic carbocycles. The van der Waals surface area contributed by atoms with E-state index >= 15 is 0 Å². The molecule has 2 aliphatic heterocycles. The summed E-state index contributed by atoms with van der Waals surface area (Å²) in [4.78, 5) is 28.6. The monoisotopic (exact) mass is 378 g/mol. The van der Waals surface area contributed by atoms with Gasteiger partial charge in [0, 0.05) is 43.0 Å². The fourth-order valence-electron chi connectivity index (χ4n) is 4.12. The maximum Gasteiger partial charge on any atom is 0.256 e. The molecule has 1 atom stereocenters. The molecule has 3 rings (SSSR count). The topological polar surface area (TPSA) is 60.9 Å². The van der Waals surface area contributed by atoms with Crippen molar-refractivity contribution in [1.29, 1.82) is 0 Å². The Morgan fingerprint density at radius 2 is 2.00 bits per heavy atom. The normalized spacial score (nSPS) is 20.9. The van der Waals surface area contributed by atoms with Gasteiger partial charge in [0.1, 0.15) is 0 Å². The lowest BCUT2D eigenvalue weighted by Gasteiger charge is -2.39. The summed E-state index contributed by atoms with van der Waals surface area (Å²) in [6, 6.07) is 6.77. The maximum absolute atomic E-state index is 12.6. The van der Waals surface area contributed by atoms with Crippen LogP contribution in [0.4, 0.5) is 0 Å². The van der Waals surface area contributed by atoms with Gasteiger partial charge in [-0.05, 0) is 36.5 Å². The zero-order valence-electron chi connectivity index (χ0n) is 15.4. The molecule has 26 heavy (non-hydrogen) atoms. The number of carbonyl (C=O) groups excluding carboxylic acids is 2. The highest BCUT2D eigenvalue weighted by atomic mass is 35.5. The number of aliphatic hydroxyl groups is 1. The first-order chi connectivity index (χ1) is 12.3. The Balaban J connectivity index is 1.60. The van der Waals surface area contributed by atoms with Crippen molar-refractivity contribution in [2.75, 3.05) is 26.2 Å². The molecule has 2 saturated heterocycles. The average Bonchev–Trinajstić information content (AvgIpc) is 2.88. The van der Waals surface area contributed by atoms with Gasteiger partial charge in [-0.3, -0.25) is 9.59 Å². The van der Waals surface area contributed by atoms with E-state index in [0.29, 0.717) is 36.0 Å². The Morgan fingerprint density at radius 1 is 1.31 bits per heavy atom. The van der Waals surface area contributed by atoms with E-state index in [1.165, 1.54) is 0 Å². The first-order valence-electron chi connectivity index (χ1n) is 9.30. The van der Waals surface area contributed by atoms with E-state index in [-0.39, 0.29) is 17.2 Å². The second-order valence-corrected chi connectivity index (χ2v) is 8.56. The second-order valence-electron chi connectivity index (χ2n) is 8.13. The number of rotatable bonds is 4. The number of likely N-dealkylation sites (tertiary alicyclic amines) is 2. The molecule has 0 aromatic heterocycles. The number of benzene rings is 1. The second kappa shape index (κ2) is 7.57. The summed E-state index contributed by atoms with van der Waals surface area (Å²) in [6.45, 7) is 7.01. The van der Waals surface area contributed by atoms with Crippen molar-refractivity contribution in [3.8, 4) is 0 Å². The van der Waals surface area contributed by atoms with Crippen LogP contribution in [-0.2, 0) is 9.59 Å². The van der Waals surface area contributed by atoms with Crippen LogP contribution in [0.2, 0.25) is 5.02 Å². The molecule has 142 valence electrons. The molecule has 1 aromatic carbocycles. The van der Waals surface area contributed by atoms with E-state index < -0.39 is 6.10 Å². The van der Waals surface area contributed by atoms with Gasteiger partial charge in [-0.2, -0.15) is 0 Å². The van der Waals surface area contributed by atoms with Crippen LogP contribution < -0.4 is 0 Å². The average molecular weight is 379 g/mol. The van der Waals surface area contributed by atoms with Gasteiger partial charge in [0.2, 0.25) is 5.91 Å². The van der Waals surface area contributed by atoms with E-state index in [2.05, 4.69) is 13.8 Å². The number of piperidine rings is 1. The van der Waals surface area contributed by atoms with Crippen LogP contribution in [0.25, 0.3) is 0 Å². The van der Waals surface area contributed by atoms with Gasteiger partial charge in [-0.1, -0.05) is 37.6 Å². The Labute approximate surface area is 159 Å². The molecule has 0 saturated carbocycles. The third kappa shape index (κ3) is 4.04. The molecule has 1 spiro atoms. The van der Waals surface area contributed by atoms with E-state index in [4.69, 9.17) is 11.6 Å². The highest BCUT2D eigenvalue weighted by molar-refractivity contribution is 6.30. The minimum atomic E-state index is -1.19. The van der Waals surface area contributed by atoms with Crippen LogP contribution in [-0.4, -0.2) is 52.9 Å². The molecule has 0 unspecified atom stereocenters. The van der Waals surface area contributed by atoms with Crippen LogP contribution >= 0.6 is 11.6 Å². The Hall–Kier alpha value is -1.59. The highest BCUT2D eigenvalue weighted by Gasteiger charge is 2.45. The molecule has 1 N–H and O–H groups in total. The third-order valence-electron chi connectivity index (χ3n) is 5.52. The van der Waals surface area contributed by atoms with Gasteiger partial charge in [-0.15, -0.1) is 0 Å². The Bertz CT molecular complexity index is 683. The molecule has 6 heteroatoms. The highest BCUT2D eigenvalue weighted by Crippen LogP contribution is 2.41. The summed E-state index contributed by atoms with van der Waals surface area (Å²) < 4.78 is 0. The van der Waals surface area contributed by atoms with Crippen molar-refractivity contribution in [3.63, 3.8) is 0 Å². The molecule has 1 aromatic rings. The first-order valence-corrected chi connectivity index (χ1v) is 9.67. The van der Waals surface area contributed by atoms with Gasteiger partial charge in [0.05, 0.1) is 0 Å². The molecule has 2 aliphatic rings. The van der Waals surface area contributed by atoms with Crippen molar-refractivity contribution in [3.05, 3.63) is 34.9 Å². The summed E-state index contributed by atoms with van der Waals surface area (Å²) in [5.41, 5.74) is 0.506. The fraction of sp³-hybridized carbons (Fsp3) is 0.600. The number of aliphatic hydroxyl groups excluding tert-OH is 1. The molecular formula is C20H27ClN2O3. The smallest absolute Gasteiger partial charge is 0.256 e. The molecule has 2 amide bonds. The van der Waals surface area contributed by atoms with Crippen LogP contribution in [0.5, 0.6) is 0 Å². The zero-order valence-corrected chi connectivity index (χ0v) is 16.2. The molecule has 2 heterocycles. The van der Waals surface area contributed by atoms with Gasteiger partial charge in [-0.25, -0.2) is 0 Å². The molecule has 2 fully saturated rings. The molecule has 5 nitrogen and oxygen atoms in total. The van der Waals surface area contributed by atoms with Gasteiger partial charge >= 0.3 is 0 Å². The van der Waals surface area contributed by atoms with E-state index in [0.717, 1.165) is 25.9 Å². The van der Waals surface area contributed by atoms with Gasteiger partial charge in [0.25, 0.3) is 5.91 Å². The van der Waals surface area contributed by atoms with Gasteiger partial charge in [0.15, 0.2) is 6.10 Å². The third-order valence-corrected chi connectivity index (χ3v) is 5.76. The Kier molecular flexibility index (Phi) is 5.58. The van der Waals surface area contributed by atoms with E-state index in [1.807, 2.05) is 4.90 Å². The van der Waals surface area contributed by atoms with E-state index in [9.17, 15) is 14.7 Å². The van der Waals surface area contributed by atoms with Crippen LogP contribution in [0.1, 0.15) is 44.8 Å². The van der Waals surface area contributed by atoms with Crippen LogP contribution in [0.15, 0.2) is 24.3 Å². The van der Waals surface area contributed by atoms with Crippen molar-refractivity contribution in [2.45, 2.75) is 39.2 Å². The standard InChI is InChI=1S/C20H27ClN2O3/c1-14(2)12-23-13-20(11-17(23)24)6-8-22(9-7-20)19(26)18(25)15-4-3-5-16(21)10-15/h3-5,10,14,18,25H,6-9,11-13H2,1-2H3/t18-/m0/s1. The largest absolute Gasteiger partial charge is 0.378 e.